The summed E-state index contributed by atoms with van der Waals surface area (Å²) in [5.41, 5.74) is 2.94. The number of aryl methyl sites for hydroxylation is 3. The van der Waals surface area contributed by atoms with E-state index in [0.29, 0.717) is 5.69 Å². The lowest BCUT2D eigenvalue weighted by atomic mass is 10.1. The minimum atomic E-state index is -0.533. The summed E-state index contributed by atoms with van der Waals surface area (Å²) < 4.78 is 1.74. The number of rotatable bonds is 2. The first-order chi connectivity index (χ1) is 9.31. The van der Waals surface area contributed by atoms with E-state index in [1.165, 1.54) is 6.07 Å². The van der Waals surface area contributed by atoms with Crippen LogP contribution in [0.2, 0.25) is 5.02 Å². The number of nitro groups is 1. The first-order valence-electron chi connectivity index (χ1n) is 5.98. The van der Waals surface area contributed by atoms with Crippen molar-refractivity contribution in [1.29, 1.82) is 0 Å². The topological polar surface area (TPSA) is 67.2 Å². The zero-order chi connectivity index (χ0) is 15.0. The number of non-ortho nitro benzene ring substituents is 1. The smallest absolute Gasteiger partial charge is 0.277 e. The molecule has 0 bridgehead atoms. The van der Waals surface area contributed by atoms with E-state index in [4.69, 9.17) is 11.6 Å². The highest BCUT2D eigenvalue weighted by molar-refractivity contribution is 6.32. The number of phenolic OH excluding ortho intramolecular Hbond substituents is 1. The van der Waals surface area contributed by atoms with Gasteiger partial charge in [-0.2, -0.15) is 4.57 Å². The first-order valence-corrected chi connectivity index (χ1v) is 6.36. The predicted octanol–water partition coefficient (Wildman–Crippen LogP) is 3.16. The Balaban J connectivity index is 2.79. The number of hydrogen-bond donors (Lipinski definition) is 1. The Bertz CT molecular complexity index is 691. The summed E-state index contributed by atoms with van der Waals surface area (Å²) in [6, 6.07) is 6.31. The molecule has 0 saturated carbocycles. The first kappa shape index (κ1) is 14.3. The van der Waals surface area contributed by atoms with Crippen LogP contribution in [0, 0.1) is 30.9 Å². The van der Waals surface area contributed by atoms with E-state index in [-0.39, 0.29) is 16.5 Å². The number of benzene rings is 1. The second-order valence-corrected chi connectivity index (χ2v) is 5.11. The average molecular weight is 294 g/mol. The van der Waals surface area contributed by atoms with Crippen LogP contribution >= 0.6 is 11.6 Å². The normalized spacial score (nSPS) is 10.6. The van der Waals surface area contributed by atoms with E-state index in [9.17, 15) is 15.2 Å². The molecule has 1 N–H and O–H groups in total. The summed E-state index contributed by atoms with van der Waals surface area (Å²) in [6.07, 6.45) is 0. The molecule has 2 aromatic rings. The number of hydrogen-bond acceptors (Lipinski definition) is 3. The fraction of sp³-hybridized carbons (Fsp3) is 0.214. The number of nitrogens with zero attached hydrogens (tertiary/aromatic N) is 2. The highest BCUT2D eigenvalue weighted by Crippen LogP contribution is 2.32. The minimum absolute atomic E-state index is 0.0407. The molecule has 1 heterocycles. The van der Waals surface area contributed by atoms with Crippen LogP contribution in [0.3, 0.4) is 0 Å². The molecular weight excluding hydrogens is 280 g/mol. The van der Waals surface area contributed by atoms with Gasteiger partial charge in [0.05, 0.1) is 16.0 Å². The van der Waals surface area contributed by atoms with Gasteiger partial charge < -0.3 is 5.11 Å². The van der Waals surface area contributed by atoms with Gasteiger partial charge in [0.1, 0.15) is 0 Å². The van der Waals surface area contributed by atoms with Gasteiger partial charge in [-0.05, 0) is 12.5 Å². The van der Waals surface area contributed by atoms with Gasteiger partial charge in [0, 0.05) is 32.0 Å². The molecule has 5 nitrogen and oxygen atoms in total. The molecule has 20 heavy (non-hydrogen) atoms. The molecule has 0 radical (unpaired) electrons. The van der Waals surface area contributed by atoms with Crippen molar-refractivity contribution in [3.05, 3.63) is 56.4 Å². The third-order valence-corrected chi connectivity index (χ3v) is 3.35. The SMILES string of the molecule is Cc1cc(C)[n+](-c2cc([N+](=O)[O-])cc(Cl)c2O)c(C)c1. The lowest BCUT2D eigenvalue weighted by molar-refractivity contribution is -0.610. The second-order valence-electron chi connectivity index (χ2n) is 4.70. The van der Waals surface area contributed by atoms with Gasteiger partial charge in [0.2, 0.25) is 5.75 Å². The van der Waals surface area contributed by atoms with E-state index < -0.39 is 4.92 Å². The van der Waals surface area contributed by atoms with Crippen molar-refractivity contribution in [2.45, 2.75) is 20.8 Å². The molecule has 0 spiro atoms. The van der Waals surface area contributed by atoms with E-state index in [1.807, 2.05) is 32.9 Å². The summed E-state index contributed by atoms with van der Waals surface area (Å²) >= 11 is 5.88. The summed E-state index contributed by atoms with van der Waals surface area (Å²) in [7, 11) is 0. The number of aromatic nitrogens is 1. The predicted molar refractivity (Wildman–Crippen MR) is 75.5 cm³/mol. The Labute approximate surface area is 121 Å². The summed E-state index contributed by atoms with van der Waals surface area (Å²) in [5, 5.41) is 21.0. The largest absolute Gasteiger partial charge is 0.501 e. The summed E-state index contributed by atoms with van der Waals surface area (Å²) in [6.45, 7) is 5.70. The van der Waals surface area contributed by atoms with Gasteiger partial charge in [-0.15, -0.1) is 0 Å². The van der Waals surface area contributed by atoms with Gasteiger partial charge in [0.15, 0.2) is 11.4 Å². The van der Waals surface area contributed by atoms with Gasteiger partial charge in [-0.3, -0.25) is 10.1 Å². The standard InChI is InChI=1S/C14H13ClN2O3/c1-8-4-9(2)16(10(3)5-8)13-7-11(17(19)20)6-12(15)14(13)18/h4-7H,1-3H3/p+1. The van der Waals surface area contributed by atoms with Crippen LogP contribution < -0.4 is 4.57 Å². The van der Waals surface area contributed by atoms with Crippen molar-refractivity contribution in [2.24, 2.45) is 0 Å². The number of aromatic hydroxyl groups is 1. The number of phenols is 1. The van der Waals surface area contributed by atoms with Crippen LogP contribution in [-0.4, -0.2) is 10.0 Å². The molecular formula is C14H14ClN2O3+. The minimum Gasteiger partial charge on any atom is -0.501 e. The Hall–Kier alpha value is -2.14. The third kappa shape index (κ3) is 2.44. The van der Waals surface area contributed by atoms with Crippen LogP contribution in [0.25, 0.3) is 5.69 Å². The van der Waals surface area contributed by atoms with Crippen molar-refractivity contribution < 1.29 is 14.6 Å². The van der Waals surface area contributed by atoms with Gasteiger partial charge >= 0.3 is 0 Å². The monoisotopic (exact) mass is 293 g/mol. The van der Waals surface area contributed by atoms with E-state index >= 15 is 0 Å². The lowest BCUT2D eigenvalue weighted by Crippen LogP contribution is -2.37. The second kappa shape index (κ2) is 5.09. The zero-order valence-electron chi connectivity index (χ0n) is 11.3. The van der Waals surface area contributed by atoms with E-state index in [1.54, 1.807) is 4.57 Å². The maximum atomic E-state index is 10.9. The lowest BCUT2D eigenvalue weighted by Gasteiger charge is -2.07. The van der Waals surface area contributed by atoms with Crippen LogP contribution in [0.5, 0.6) is 5.75 Å². The third-order valence-electron chi connectivity index (χ3n) is 3.06. The fourth-order valence-electron chi connectivity index (χ4n) is 2.33. The number of pyridine rings is 1. The molecule has 0 fully saturated rings. The molecule has 0 aliphatic rings. The molecule has 0 aliphatic carbocycles. The molecule has 104 valence electrons. The van der Waals surface area contributed by atoms with Crippen LogP contribution in [-0.2, 0) is 0 Å². The highest BCUT2D eigenvalue weighted by Gasteiger charge is 2.25. The van der Waals surface area contributed by atoms with Gasteiger partial charge in [-0.1, -0.05) is 11.6 Å². The van der Waals surface area contributed by atoms with Crippen molar-refractivity contribution in [3.63, 3.8) is 0 Å². The quantitative estimate of drug-likeness (QED) is 0.525. The maximum absolute atomic E-state index is 10.9. The Kier molecular flexibility index (Phi) is 3.63. The Morgan fingerprint density at radius 1 is 1.15 bits per heavy atom. The number of nitro benzene ring substituents is 1. The van der Waals surface area contributed by atoms with Crippen LogP contribution in [0.4, 0.5) is 5.69 Å². The Morgan fingerprint density at radius 2 is 1.70 bits per heavy atom. The Morgan fingerprint density at radius 3 is 2.20 bits per heavy atom. The molecule has 0 saturated heterocycles. The van der Waals surface area contributed by atoms with Gasteiger partial charge in [-0.25, -0.2) is 0 Å². The average Bonchev–Trinajstić information content (AvgIpc) is 2.32. The van der Waals surface area contributed by atoms with Crippen molar-refractivity contribution in [3.8, 4) is 11.4 Å². The van der Waals surface area contributed by atoms with Crippen molar-refractivity contribution in [2.75, 3.05) is 0 Å². The molecule has 6 heteroatoms. The van der Waals surface area contributed by atoms with E-state index in [2.05, 4.69) is 0 Å². The molecule has 2 rings (SSSR count). The molecule has 0 amide bonds. The molecule has 1 aromatic heterocycles. The number of halogens is 1. The van der Waals surface area contributed by atoms with E-state index in [0.717, 1.165) is 23.0 Å². The van der Waals surface area contributed by atoms with Crippen LogP contribution in [0.15, 0.2) is 24.3 Å². The summed E-state index contributed by atoms with van der Waals surface area (Å²) in [4.78, 5) is 10.4. The summed E-state index contributed by atoms with van der Waals surface area (Å²) in [5.74, 6) is -0.169. The molecule has 0 atom stereocenters. The molecule has 1 aromatic carbocycles. The maximum Gasteiger partial charge on any atom is 0.277 e. The fourth-order valence-corrected chi connectivity index (χ4v) is 2.54. The molecule has 0 aliphatic heterocycles. The van der Waals surface area contributed by atoms with Crippen molar-refractivity contribution in [1.82, 2.24) is 0 Å². The highest BCUT2D eigenvalue weighted by atomic mass is 35.5. The molecule has 0 unspecified atom stereocenters. The van der Waals surface area contributed by atoms with Gasteiger partial charge in [0.25, 0.3) is 11.4 Å². The van der Waals surface area contributed by atoms with Crippen molar-refractivity contribution >= 4 is 17.3 Å². The van der Waals surface area contributed by atoms with Crippen LogP contribution in [0.1, 0.15) is 17.0 Å². The zero-order valence-corrected chi connectivity index (χ0v) is 12.1.